The first-order chi connectivity index (χ1) is 14.7. The molecule has 10 heteroatoms. The van der Waals surface area contributed by atoms with Gasteiger partial charge in [0, 0.05) is 19.8 Å². The molecular weight excluding hydrogens is 422 g/mol. The zero-order chi connectivity index (χ0) is 22.8. The lowest BCUT2D eigenvalue weighted by Gasteiger charge is -2.23. The molecule has 2 heterocycles. The van der Waals surface area contributed by atoms with Crippen molar-refractivity contribution >= 4 is 27.6 Å². The van der Waals surface area contributed by atoms with Crippen LogP contribution in [0.5, 0.6) is 5.75 Å². The number of sulfonamides is 1. The van der Waals surface area contributed by atoms with Gasteiger partial charge in [0.05, 0.1) is 19.4 Å². The molecule has 1 N–H and O–H groups in total. The minimum atomic E-state index is -3.99. The molecule has 1 aliphatic rings. The van der Waals surface area contributed by atoms with E-state index in [2.05, 4.69) is 5.32 Å². The lowest BCUT2D eigenvalue weighted by Crippen LogP contribution is -2.43. The summed E-state index contributed by atoms with van der Waals surface area (Å²) in [4.78, 5) is 25.0. The number of hydrogen-bond donors (Lipinski definition) is 1. The molecule has 1 fully saturated rings. The summed E-state index contributed by atoms with van der Waals surface area (Å²) < 4.78 is 39.4. The molecule has 9 nitrogen and oxygen atoms in total. The number of carbonyl (C=O) groups is 2. The monoisotopic (exact) mass is 449 g/mol. The summed E-state index contributed by atoms with van der Waals surface area (Å²) in [5, 5.41) is 2.80. The molecule has 0 radical (unpaired) electrons. The van der Waals surface area contributed by atoms with Gasteiger partial charge in [-0.15, -0.1) is 0 Å². The molecule has 1 atom stereocenters. The standard InChI is InChI=1S/C21H27N3O6S/c1-5-30-21(26)18-12-15(13-23(18)3)31(27,28)24-10-6-7-17(24)20(25)22-16-11-14(2)8-9-19(16)29-4/h8-9,11-13,17H,5-7,10H2,1-4H3,(H,22,25). The Balaban J connectivity index is 1.86. The first kappa shape index (κ1) is 22.8. The van der Waals surface area contributed by atoms with Gasteiger partial charge in [0.15, 0.2) is 0 Å². The molecule has 0 spiro atoms. The molecule has 1 unspecified atom stereocenters. The average Bonchev–Trinajstić information content (AvgIpc) is 3.36. The predicted molar refractivity (Wildman–Crippen MR) is 115 cm³/mol. The fourth-order valence-electron chi connectivity index (χ4n) is 3.64. The summed E-state index contributed by atoms with van der Waals surface area (Å²) in [6.45, 7) is 3.96. The highest BCUT2D eigenvalue weighted by molar-refractivity contribution is 7.89. The van der Waals surface area contributed by atoms with E-state index >= 15 is 0 Å². The Hall–Kier alpha value is -2.85. The number of anilines is 1. The summed E-state index contributed by atoms with van der Waals surface area (Å²) in [5.74, 6) is -0.534. The van der Waals surface area contributed by atoms with Gasteiger partial charge in [-0.3, -0.25) is 4.79 Å². The Morgan fingerprint density at radius 2 is 2.00 bits per heavy atom. The molecule has 3 rings (SSSR count). The topological polar surface area (TPSA) is 107 Å². The van der Waals surface area contributed by atoms with Crippen molar-refractivity contribution < 1.29 is 27.5 Å². The van der Waals surface area contributed by atoms with E-state index in [4.69, 9.17) is 9.47 Å². The van der Waals surface area contributed by atoms with Gasteiger partial charge >= 0.3 is 5.97 Å². The summed E-state index contributed by atoms with van der Waals surface area (Å²) >= 11 is 0. The molecular formula is C21H27N3O6S. The number of aromatic nitrogens is 1. The number of aryl methyl sites for hydroxylation is 2. The Labute approximate surface area is 182 Å². The van der Waals surface area contributed by atoms with Crippen molar-refractivity contribution in [1.82, 2.24) is 8.87 Å². The number of hydrogen-bond acceptors (Lipinski definition) is 6. The fourth-order valence-corrected chi connectivity index (χ4v) is 5.37. The molecule has 1 saturated heterocycles. The molecule has 1 aliphatic heterocycles. The Kier molecular flexibility index (Phi) is 6.71. The molecule has 0 bridgehead atoms. The second-order valence-corrected chi connectivity index (χ2v) is 9.25. The van der Waals surface area contributed by atoms with Crippen LogP contribution in [0.3, 0.4) is 0 Å². The van der Waals surface area contributed by atoms with Crippen LogP contribution in [0.1, 0.15) is 35.8 Å². The lowest BCUT2D eigenvalue weighted by atomic mass is 10.1. The molecule has 0 saturated carbocycles. The molecule has 31 heavy (non-hydrogen) atoms. The molecule has 1 aromatic heterocycles. The first-order valence-electron chi connectivity index (χ1n) is 9.99. The van der Waals surface area contributed by atoms with Gasteiger partial charge in [-0.25, -0.2) is 13.2 Å². The highest BCUT2D eigenvalue weighted by Crippen LogP contribution is 2.30. The highest BCUT2D eigenvalue weighted by atomic mass is 32.2. The zero-order valence-corrected chi connectivity index (χ0v) is 18.9. The number of methoxy groups -OCH3 is 1. The minimum absolute atomic E-state index is 0.0501. The van der Waals surface area contributed by atoms with E-state index in [1.54, 1.807) is 26.1 Å². The number of carbonyl (C=O) groups excluding carboxylic acids is 2. The summed E-state index contributed by atoms with van der Waals surface area (Å²) in [6, 6.07) is 5.80. The van der Waals surface area contributed by atoms with Crippen LogP contribution in [-0.4, -0.2) is 55.5 Å². The smallest absolute Gasteiger partial charge is 0.354 e. The SMILES string of the molecule is CCOC(=O)c1cc(S(=O)(=O)N2CCCC2C(=O)Nc2cc(C)ccc2OC)cn1C. The van der Waals surface area contributed by atoms with Gasteiger partial charge in [-0.05, 0) is 50.5 Å². The fraction of sp³-hybridized carbons (Fsp3) is 0.429. The van der Waals surface area contributed by atoms with Gasteiger partial charge in [0.25, 0.3) is 0 Å². The number of rotatable bonds is 7. The van der Waals surface area contributed by atoms with E-state index in [9.17, 15) is 18.0 Å². The van der Waals surface area contributed by atoms with E-state index in [1.165, 1.54) is 28.2 Å². The Morgan fingerprint density at radius 3 is 2.68 bits per heavy atom. The molecule has 0 aliphatic carbocycles. The normalized spacial score (nSPS) is 16.8. The summed E-state index contributed by atoms with van der Waals surface area (Å²) in [7, 11) is -0.910. The molecule has 168 valence electrons. The van der Waals surface area contributed by atoms with Crippen LogP contribution >= 0.6 is 0 Å². The van der Waals surface area contributed by atoms with Crippen molar-refractivity contribution in [3.05, 3.63) is 41.7 Å². The van der Waals surface area contributed by atoms with Crippen LogP contribution in [0.4, 0.5) is 5.69 Å². The third-order valence-corrected chi connectivity index (χ3v) is 7.06. The number of ether oxygens (including phenoxy) is 2. The van der Waals surface area contributed by atoms with Gasteiger partial charge < -0.3 is 19.4 Å². The second-order valence-electron chi connectivity index (χ2n) is 7.36. The lowest BCUT2D eigenvalue weighted by molar-refractivity contribution is -0.119. The number of nitrogens with one attached hydrogen (secondary N) is 1. The van der Waals surface area contributed by atoms with E-state index < -0.39 is 27.9 Å². The van der Waals surface area contributed by atoms with E-state index in [-0.39, 0.29) is 23.7 Å². The summed E-state index contributed by atoms with van der Waals surface area (Å²) in [6.07, 6.45) is 2.31. The highest BCUT2D eigenvalue weighted by Gasteiger charge is 2.40. The van der Waals surface area contributed by atoms with Crippen LogP contribution in [0.25, 0.3) is 0 Å². The largest absolute Gasteiger partial charge is 0.495 e. The van der Waals surface area contributed by atoms with Gasteiger partial charge in [-0.1, -0.05) is 6.07 Å². The van der Waals surface area contributed by atoms with E-state index in [0.717, 1.165) is 5.56 Å². The average molecular weight is 450 g/mol. The summed E-state index contributed by atoms with van der Waals surface area (Å²) in [5.41, 5.74) is 1.55. The van der Waals surface area contributed by atoms with Gasteiger partial charge in [0.2, 0.25) is 15.9 Å². The molecule has 2 aromatic rings. The number of esters is 1. The Morgan fingerprint density at radius 1 is 1.26 bits per heavy atom. The third kappa shape index (κ3) is 4.59. The maximum absolute atomic E-state index is 13.3. The third-order valence-electron chi connectivity index (χ3n) is 5.19. The molecule has 1 aromatic carbocycles. The van der Waals surface area contributed by atoms with Crippen molar-refractivity contribution in [1.29, 1.82) is 0 Å². The molecule has 1 amide bonds. The van der Waals surface area contributed by atoms with Crippen molar-refractivity contribution in [3.63, 3.8) is 0 Å². The predicted octanol–water partition coefficient (Wildman–Crippen LogP) is 2.31. The van der Waals surface area contributed by atoms with Crippen LogP contribution < -0.4 is 10.1 Å². The second kappa shape index (κ2) is 9.11. The maximum Gasteiger partial charge on any atom is 0.354 e. The Bertz CT molecular complexity index is 1090. The van der Waals surface area contributed by atoms with Crippen molar-refractivity contribution in [2.24, 2.45) is 7.05 Å². The quantitative estimate of drug-likeness (QED) is 0.650. The van der Waals surface area contributed by atoms with Crippen LogP contribution in [0.2, 0.25) is 0 Å². The minimum Gasteiger partial charge on any atom is -0.495 e. The van der Waals surface area contributed by atoms with Gasteiger partial charge in [-0.2, -0.15) is 4.31 Å². The number of amides is 1. The van der Waals surface area contributed by atoms with E-state index in [0.29, 0.717) is 24.3 Å². The van der Waals surface area contributed by atoms with Crippen LogP contribution in [0, 0.1) is 6.92 Å². The first-order valence-corrected chi connectivity index (χ1v) is 11.4. The maximum atomic E-state index is 13.3. The van der Waals surface area contributed by atoms with Crippen molar-refractivity contribution in [3.8, 4) is 5.75 Å². The van der Waals surface area contributed by atoms with Crippen molar-refractivity contribution in [2.45, 2.75) is 37.6 Å². The van der Waals surface area contributed by atoms with Crippen LogP contribution in [0.15, 0.2) is 35.4 Å². The number of nitrogens with zero attached hydrogens (tertiary/aromatic N) is 2. The number of benzene rings is 1. The zero-order valence-electron chi connectivity index (χ0n) is 18.0. The van der Waals surface area contributed by atoms with E-state index in [1.807, 2.05) is 13.0 Å². The van der Waals surface area contributed by atoms with Crippen molar-refractivity contribution in [2.75, 3.05) is 25.6 Å². The van der Waals surface area contributed by atoms with Gasteiger partial charge in [0.1, 0.15) is 22.4 Å². The van der Waals surface area contributed by atoms with Crippen LogP contribution in [-0.2, 0) is 26.6 Å².